The number of benzene rings is 2. The lowest BCUT2D eigenvalue weighted by molar-refractivity contribution is -0.130. The number of carbonyl (C=O) groups is 2. The molecule has 3 rings (SSSR count). The summed E-state index contributed by atoms with van der Waals surface area (Å²) in [6.07, 6.45) is 1.42. The fourth-order valence-electron chi connectivity index (χ4n) is 3.75. The van der Waals surface area contributed by atoms with Crippen LogP contribution in [0.15, 0.2) is 48.5 Å². The van der Waals surface area contributed by atoms with Crippen LogP contribution in [-0.2, 0) is 24.3 Å². The summed E-state index contributed by atoms with van der Waals surface area (Å²) in [5.41, 5.74) is 3.92. The second-order valence-corrected chi connectivity index (χ2v) is 8.23. The first-order valence-electron chi connectivity index (χ1n) is 10.7. The average molecular weight is 406 g/mol. The molecule has 0 aliphatic heterocycles. The van der Waals surface area contributed by atoms with Gasteiger partial charge in [0.25, 0.3) is 0 Å². The van der Waals surface area contributed by atoms with Gasteiger partial charge in [0.2, 0.25) is 5.91 Å². The number of imidazole rings is 1. The molecule has 0 aliphatic rings. The van der Waals surface area contributed by atoms with Crippen LogP contribution in [0.2, 0.25) is 0 Å². The Hall–Kier alpha value is -2.95. The molecule has 0 unspecified atom stereocenters. The molecule has 0 fully saturated rings. The summed E-state index contributed by atoms with van der Waals surface area (Å²) >= 11 is 0. The quantitative estimate of drug-likeness (QED) is 0.477. The van der Waals surface area contributed by atoms with Gasteiger partial charge in [0, 0.05) is 32.0 Å². The van der Waals surface area contributed by atoms with Crippen molar-refractivity contribution >= 4 is 22.7 Å². The first-order chi connectivity index (χ1) is 14.4. The third kappa shape index (κ3) is 5.15. The van der Waals surface area contributed by atoms with Crippen LogP contribution in [0.25, 0.3) is 11.0 Å². The molecule has 0 atom stereocenters. The van der Waals surface area contributed by atoms with Crippen LogP contribution in [0.3, 0.4) is 0 Å². The van der Waals surface area contributed by atoms with Crippen LogP contribution < -0.4 is 0 Å². The number of carbonyl (C=O) groups excluding carboxylic acids is 2. The normalized spacial score (nSPS) is 11.2. The summed E-state index contributed by atoms with van der Waals surface area (Å²) in [5, 5.41) is 0. The second-order valence-electron chi connectivity index (χ2n) is 8.23. The highest BCUT2D eigenvalue weighted by atomic mass is 16.2. The van der Waals surface area contributed by atoms with Crippen LogP contribution in [0.1, 0.15) is 55.4 Å². The third-order valence-electron chi connectivity index (χ3n) is 5.34. The second kappa shape index (κ2) is 9.70. The Morgan fingerprint density at radius 1 is 1.03 bits per heavy atom. The molecule has 0 radical (unpaired) electrons. The van der Waals surface area contributed by atoms with Gasteiger partial charge in [-0.2, -0.15) is 0 Å². The topological polar surface area (TPSA) is 55.2 Å². The Morgan fingerprint density at radius 3 is 2.40 bits per heavy atom. The van der Waals surface area contributed by atoms with E-state index in [1.807, 2.05) is 48.5 Å². The van der Waals surface area contributed by atoms with Gasteiger partial charge in [-0.25, -0.2) is 4.98 Å². The van der Waals surface area contributed by atoms with Gasteiger partial charge < -0.3 is 9.47 Å². The number of para-hydroxylation sites is 2. The van der Waals surface area contributed by atoms with Gasteiger partial charge in [0.15, 0.2) is 5.78 Å². The summed E-state index contributed by atoms with van der Waals surface area (Å²) in [6, 6.07) is 15.8. The predicted octanol–water partition coefficient (Wildman–Crippen LogP) is 4.88. The van der Waals surface area contributed by atoms with Gasteiger partial charge >= 0.3 is 0 Å². The zero-order chi connectivity index (χ0) is 21.7. The number of nitrogens with zero attached hydrogens (tertiary/aromatic N) is 3. The van der Waals surface area contributed by atoms with Crippen molar-refractivity contribution in [3.8, 4) is 0 Å². The number of hydrogen-bond acceptors (Lipinski definition) is 3. The molecule has 1 amide bonds. The molecular weight excluding hydrogens is 374 g/mol. The fourth-order valence-corrected chi connectivity index (χ4v) is 3.75. The SMILES string of the molecule is CCn1c(CN(C)C(=O)CCC(=O)c2ccc(CC(C)C)cc2)nc2ccccc21. The zero-order valence-electron chi connectivity index (χ0n) is 18.4. The van der Waals surface area contributed by atoms with E-state index >= 15 is 0 Å². The molecule has 2 aromatic carbocycles. The molecule has 0 N–H and O–H groups in total. The summed E-state index contributed by atoms with van der Waals surface area (Å²) in [7, 11) is 1.77. The van der Waals surface area contributed by atoms with Gasteiger partial charge in [-0.15, -0.1) is 0 Å². The number of Topliss-reactive ketones (excluding diaryl/α,β-unsaturated/α-hetero) is 1. The number of hydrogen-bond donors (Lipinski definition) is 0. The van der Waals surface area contributed by atoms with E-state index < -0.39 is 0 Å². The number of ketones is 1. The smallest absolute Gasteiger partial charge is 0.223 e. The average Bonchev–Trinajstić information content (AvgIpc) is 3.08. The van der Waals surface area contributed by atoms with Gasteiger partial charge in [0.05, 0.1) is 17.6 Å². The zero-order valence-corrected chi connectivity index (χ0v) is 18.4. The highest BCUT2D eigenvalue weighted by Gasteiger charge is 2.16. The molecule has 1 aromatic heterocycles. The molecule has 0 aliphatic carbocycles. The van der Waals surface area contributed by atoms with Crippen molar-refractivity contribution in [2.75, 3.05) is 7.05 Å². The molecule has 0 saturated carbocycles. The predicted molar refractivity (Wildman–Crippen MR) is 120 cm³/mol. The lowest BCUT2D eigenvalue weighted by atomic mass is 9.99. The van der Waals surface area contributed by atoms with E-state index in [4.69, 9.17) is 0 Å². The van der Waals surface area contributed by atoms with Crippen LogP contribution in [-0.4, -0.2) is 33.2 Å². The number of rotatable bonds is 9. The Bertz CT molecular complexity index is 1020. The molecule has 30 heavy (non-hydrogen) atoms. The first-order valence-corrected chi connectivity index (χ1v) is 10.7. The van der Waals surface area contributed by atoms with E-state index in [0.29, 0.717) is 18.0 Å². The van der Waals surface area contributed by atoms with Crippen molar-refractivity contribution in [2.45, 2.75) is 53.1 Å². The van der Waals surface area contributed by atoms with Crippen molar-refractivity contribution in [1.82, 2.24) is 14.5 Å². The van der Waals surface area contributed by atoms with E-state index in [-0.39, 0.29) is 24.5 Å². The summed E-state index contributed by atoms with van der Waals surface area (Å²) < 4.78 is 2.13. The molecule has 3 aromatic rings. The minimum absolute atomic E-state index is 0.00800. The van der Waals surface area contributed by atoms with E-state index in [1.165, 1.54) is 5.56 Å². The van der Waals surface area contributed by atoms with Crippen molar-refractivity contribution in [1.29, 1.82) is 0 Å². The van der Waals surface area contributed by atoms with Crippen molar-refractivity contribution in [3.63, 3.8) is 0 Å². The Balaban J connectivity index is 1.57. The van der Waals surface area contributed by atoms with Gasteiger partial charge in [-0.1, -0.05) is 50.2 Å². The summed E-state index contributed by atoms with van der Waals surface area (Å²) in [6.45, 7) is 7.65. The highest BCUT2D eigenvalue weighted by molar-refractivity contribution is 5.98. The fraction of sp³-hybridized carbons (Fsp3) is 0.400. The maximum atomic E-state index is 12.6. The summed E-state index contributed by atoms with van der Waals surface area (Å²) in [4.78, 5) is 31.4. The Kier molecular flexibility index (Phi) is 7.03. The van der Waals surface area contributed by atoms with E-state index in [9.17, 15) is 9.59 Å². The minimum atomic E-state index is -0.0468. The van der Waals surface area contributed by atoms with Gasteiger partial charge in [-0.05, 0) is 37.0 Å². The maximum Gasteiger partial charge on any atom is 0.223 e. The lowest BCUT2D eigenvalue weighted by Crippen LogP contribution is -2.28. The molecule has 0 spiro atoms. The highest BCUT2D eigenvalue weighted by Crippen LogP contribution is 2.18. The van der Waals surface area contributed by atoms with Crippen molar-refractivity contribution < 1.29 is 9.59 Å². The largest absolute Gasteiger partial charge is 0.338 e. The van der Waals surface area contributed by atoms with E-state index in [0.717, 1.165) is 29.8 Å². The monoisotopic (exact) mass is 405 g/mol. The van der Waals surface area contributed by atoms with Crippen LogP contribution >= 0.6 is 0 Å². The molecule has 5 heteroatoms. The van der Waals surface area contributed by atoms with Gasteiger partial charge in [0.1, 0.15) is 5.82 Å². The Morgan fingerprint density at radius 2 is 1.73 bits per heavy atom. The van der Waals surface area contributed by atoms with Crippen molar-refractivity contribution in [3.05, 3.63) is 65.5 Å². The molecule has 158 valence electrons. The minimum Gasteiger partial charge on any atom is -0.338 e. The summed E-state index contributed by atoms with van der Waals surface area (Å²) in [5.74, 6) is 1.41. The lowest BCUT2D eigenvalue weighted by Gasteiger charge is -2.17. The number of aryl methyl sites for hydroxylation is 1. The number of amides is 1. The van der Waals surface area contributed by atoms with Crippen molar-refractivity contribution in [2.24, 2.45) is 5.92 Å². The maximum absolute atomic E-state index is 12.6. The number of aromatic nitrogens is 2. The molecule has 0 bridgehead atoms. The van der Waals surface area contributed by atoms with E-state index in [1.54, 1.807) is 11.9 Å². The van der Waals surface area contributed by atoms with Crippen LogP contribution in [0.4, 0.5) is 0 Å². The standard InChI is InChI=1S/C25H31N3O2/c1-5-28-22-9-7-6-8-21(22)26-24(28)17-27(4)25(30)15-14-23(29)20-12-10-19(11-13-20)16-18(2)3/h6-13,18H,5,14-17H2,1-4H3. The molecule has 1 heterocycles. The molecular formula is C25H31N3O2. The number of fused-ring (bicyclic) bond motifs is 1. The molecule has 0 saturated heterocycles. The Labute approximate surface area is 178 Å². The van der Waals surface area contributed by atoms with Gasteiger partial charge in [-0.3, -0.25) is 9.59 Å². The molecule has 5 nitrogen and oxygen atoms in total. The first kappa shape index (κ1) is 21.8. The van der Waals surface area contributed by atoms with Crippen LogP contribution in [0.5, 0.6) is 0 Å². The third-order valence-corrected chi connectivity index (χ3v) is 5.34. The van der Waals surface area contributed by atoms with Crippen LogP contribution in [0, 0.1) is 5.92 Å². The van der Waals surface area contributed by atoms with E-state index in [2.05, 4.69) is 30.3 Å².